The van der Waals surface area contributed by atoms with Gasteiger partial charge in [-0.2, -0.15) is 18.3 Å². The Kier molecular flexibility index (Phi) is 6.01. The molecule has 1 aliphatic heterocycles. The van der Waals surface area contributed by atoms with Crippen LogP contribution in [-0.4, -0.2) is 47.7 Å². The molecule has 4 rings (SSSR count). The third-order valence-electron chi connectivity index (χ3n) is 6.02. The van der Waals surface area contributed by atoms with Gasteiger partial charge in [0.25, 0.3) is 0 Å². The number of anilines is 3. The number of aldehydes is 1. The number of hydrogen-bond acceptors (Lipinski definition) is 6. The molecular formula is C23H25F3N6O. The molecule has 1 aromatic carbocycles. The second kappa shape index (κ2) is 8.76. The van der Waals surface area contributed by atoms with Crippen LogP contribution >= 0.6 is 0 Å². The Morgan fingerprint density at radius 3 is 2.45 bits per heavy atom. The van der Waals surface area contributed by atoms with Crippen LogP contribution in [0.3, 0.4) is 0 Å². The van der Waals surface area contributed by atoms with Crippen molar-refractivity contribution in [2.24, 2.45) is 0 Å². The highest BCUT2D eigenvalue weighted by Crippen LogP contribution is 2.34. The van der Waals surface area contributed by atoms with Crippen LogP contribution in [0.25, 0.3) is 0 Å². The van der Waals surface area contributed by atoms with Crippen LogP contribution < -0.4 is 15.5 Å². The third kappa shape index (κ3) is 4.64. The molecule has 0 bridgehead atoms. The molecule has 2 aromatic heterocycles. The van der Waals surface area contributed by atoms with E-state index in [1.54, 1.807) is 30.2 Å². The number of carbonyl (C=O) groups is 1. The number of nitrogens with zero attached hydrogens (tertiary/aromatic N) is 5. The second-order valence-corrected chi connectivity index (χ2v) is 8.36. The topological polar surface area (TPSA) is 80.3 Å². The summed E-state index contributed by atoms with van der Waals surface area (Å²) >= 11 is 0. The van der Waals surface area contributed by atoms with Gasteiger partial charge in [-0.3, -0.25) is 9.48 Å². The van der Waals surface area contributed by atoms with Gasteiger partial charge in [-0.1, -0.05) is 0 Å². The van der Waals surface area contributed by atoms with Crippen molar-refractivity contribution in [2.45, 2.75) is 25.1 Å². The van der Waals surface area contributed by atoms with E-state index in [9.17, 15) is 18.0 Å². The van der Waals surface area contributed by atoms with Gasteiger partial charge in [0, 0.05) is 43.9 Å². The van der Waals surface area contributed by atoms with Crippen LogP contribution in [0, 0.1) is 0 Å². The second-order valence-electron chi connectivity index (χ2n) is 8.36. The standard InChI is InChI=1S/C23H25F3N6O/c1-15(11-30(2)18-5-3-17(4-6-18)23(24,25)26)32-21(14-33)20(10-29-32)16-12-31(13-16)19-7-8-22(27)28-9-19/h3-10,14-16H,11-13H2,1-2H3,(H2,27,28). The molecule has 0 spiro atoms. The molecule has 10 heteroatoms. The molecule has 0 radical (unpaired) electrons. The Balaban J connectivity index is 1.42. The monoisotopic (exact) mass is 458 g/mol. The quantitative estimate of drug-likeness (QED) is 0.540. The highest BCUT2D eigenvalue weighted by molar-refractivity contribution is 5.75. The molecule has 1 atom stereocenters. The van der Waals surface area contributed by atoms with E-state index in [1.807, 2.05) is 17.9 Å². The Morgan fingerprint density at radius 2 is 1.88 bits per heavy atom. The Hall–Kier alpha value is -3.56. The van der Waals surface area contributed by atoms with Gasteiger partial charge >= 0.3 is 6.18 Å². The zero-order valence-corrected chi connectivity index (χ0v) is 18.3. The Morgan fingerprint density at radius 1 is 1.18 bits per heavy atom. The highest BCUT2D eigenvalue weighted by atomic mass is 19.4. The number of rotatable bonds is 7. The van der Waals surface area contributed by atoms with Crippen LogP contribution in [0.1, 0.15) is 40.5 Å². The van der Waals surface area contributed by atoms with Crippen LogP contribution in [0.2, 0.25) is 0 Å². The number of carbonyl (C=O) groups excluding carboxylic acids is 1. The summed E-state index contributed by atoms with van der Waals surface area (Å²) in [5.74, 6) is 0.645. The molecule has 0 amide bonds. The fourth-order valence-corrected chi connectivity index (χ4v) is 4.13. The summed E-state index contributed by atoms with van der Waals surface area (Å²) in [6, 6.07) is 8.54. The average Bonchev–Trinajstić information content (AvgIpc) is 3.17. The number of benzene rings is 1. The van der Waals surface area contributed by atoms with E-state index in [2.05, 4.69) is 15.0 Å². The van der Waals surface area contributed by atoms with Crippen LogP contribution in [0.4, 0.5) is 30.4 Å². The third-order valence-corrected chi connectivity index (χ3v) is 6.02. The maximum absolute atomic E-state index is 12.8. The van der Waals surface area contributed by atoms with Crippen molar-refractivity contribution in [1.82, 2.24) is 14.8 Å². The van der Waals surface area contributed by atoms with Gasteiger partial charge in [0.05, 0.1) is 29.7 Å². The maximum atomic E-state index is 12.8. The van der Waals surface area contributed by atoms with Gasteiger partial charge in [0.1, 0.15) is 11.5 Å². The number of aromatic nitrogens is 3. The number of nitrogen functional groups attached to an aromatic ring is 1. The molecule has 2 N–H and O–H groups in total. The Bertz CT molecular complexity index is 1100. The van der Waals surface area contributed by atoms with Gasteiger partial charge < -0.3 is 15.5 Å². The Labute approximate surface area is 189 Å². The van der Waals surface area contributed by atoms with Gasteiger partial charge in [-0.05, 0) is 43.3 Å². The van der Waals surface area contributed by atoms with Gasteiger partial charge in [0.15, 0.2) is 6.29 Å². The molecule has 1 unspecified atom stereocenters. The van der Waals surface area contributed by atoms with E-state index in [0.717, 1.165) is 42.8 Å². The summed E-state index contributed by atoms with van der Waals surface area (Å²) in [6.07, 6.45) is -0.0725. The van der Waals surface area contributed by atoms with Crippen molar-refractivity contribution in [3.8, 4) is 0 Å². The van der Waals surface area contributed by atoms with Gasteiger partial charge in [-0.25, -0.2) is 4.98 Å². The lowest BCUT2D eigenvalue weighted by atomic mass is 9.91. The first kappa shape index (κ1) is 22.6. The predicted molar refractivity (Wildman–Crippen MR) is 121 cm³/mol. The van der Waals surface area contributed by atoms with Gasteiger partial charge in [-0.15, -0.1) is 0 Å². The van der Waals surface area contributed by atoms with Crippen molar-refractivity contribution in [3.05, 3.63) is 65.6 Å². The van der Waals surface area contributed by atoms with E-state index in [-0.39, 0.29) is 12.0 Å². The number of nitrogens with two attached hydrogens (primary N) is 1. The molecule has 0 saturated carbocycles. The van der Waals surface area contributed by atoms with Crippen LogP contribution in [-0.2, 0) is 6.18 Å². The minimum atomic E-state index is -4.36. The lowest BCUT2D eigenvalue weighted by Gasteiger charge is -2.40. The smallest absolute Gasteiger partial charge is 0.384 e. The lowest BCUT2D eigenvalue weighted by molar-refractivity contribution is -0.137. The van der Waals surface area contributed by atoms with Crippen molar-refractivity contribution < 1.29 is 18.0 Å². The van der Waals surface area contributed by atoms with Crippen molar-refractivity contribution in [1.29, 1.82) is 0 Å². The largest absolute Gasteiger partial charge is 0.416 e. The SMILES string of the molecule is CC(CN(C)c1ccc(C(F)(F)F)cc1)n1ncc(C2CN(c3ccc(N)nc3)C2)c1C=O. The van der Waals surface area contributed by atoms with Gasteiger partial charge in [0.2, 0.25) is 0 Å². The number of hydrogen-bond donors (Lipinski definition) is 1. The lowest BCUT2D eigenvalue weighted by Crippen LogP contribution is -2.45. The highest BCUT2D eigenvalue weighted by Gasteiger charge is 2.33. The first-order chi connectivity index (χ1) is 15.7. The maximum Gasteiger partial charge on any atom is 0.416 e. The number of halogens is 3. The molecule has 33 heavy (non-hydrogen) atoms. The van der Waals surface area contributed by atoms with E-state index in [0.29, 0.717) is 23.7 Å². The minimum Gasteiger partial charge on any atom is -0.384 e. The van der Waals surface area contributed by atoms with Crippen molar-refractivity contribution in [3.63, 3.8) is 0 Å². The molecule has 3 heterocycles. The summed E-state index contributed by atoms with van der Waals surface area (Å²) in [5.41, 5.74) is 8.02. The first-order valence-corrected chi connectivity index (χ1v) is 10.5. The summed E-state index contributed by atoms with van der Waals surface area (Å²) in [6.45, 7) is 3.90. The van der Waals surface area contributed by atoms with E-state index in [1.165, 1.54) is 12.1 Å². The molecule has 174 valence electrons. The zero-order valence-electron chi connectivity index (χ0n) is 18.3. The molecule has 3 aromatic rings. The summed E-state index contributed by atoms with van der Waals surface area (Å²) in [5, 5.41) is 4.45. The van der Waals surface area contributed by atoms with E-state index < -0.39 is 11.7 Å². The van der Waals surface area contributed by atoms with E-state index in [4.69, 9.17) is 5.73 Å². The summed E-state index contributed by atoms with van der Waals surface area (Å²) in [4.78, 5) is 20.0. The number of pyridine rings is 1. The molecule has 1 saturated heterocycles. The van der Waals surface area contributed by atoms with Crippen molar-refractivity contribution in [2.75, 3.05) is 42.2 Å². The predicted octanol–water partition coefficient (Wildman–Crippen LogP) is 3.99. The first-order valence-electron chi connectivity index (χ1n) is 10.5. The normalized spacial score (nSPS) is 15.2. The van der Waals surface area contributed by atoms with Crippen LogP contribution in [0.5, 0.6) is 0 Å². The zero-order chi connectivity index (χ0) is 23.8. The van der Waals surface area contributed by atoms with Crippen molar-refractivity contribution >= 4 is 23.5 Å². The number of likely N-dealkylation sites (N-methyl/N-ethyl adjacent to an activating group) is 1. The number of alkyl halides is 3. The fourth-order valence-electron chi connectivity index (χ4n) is 4.13. The molecule has 0 aliphatic carbocycles. The summed E-state index contributed by atoms with van der Waals surface area (Å²) < 4.78 is 40.1. The average molecular weight is 458 g/mol. The fraction of sp³-hybridized carbons (Fsp3) is 0.348. The molecule has 7 nitrogen and oxygen atoms in total. The molecule has 1 aliphatic rings. The molecular weight excluding hydrogens is 433 g/mol. The molecule has 1 fully saturated rings. The van der Waals surface area contributed by atoms with Crippen LogP contribution in [0.15, 0.2) is 48.8 Å². The van der Waals surface area contributed by atoms with E-state index >= 15 is 0 Å². The summed E-state index contributed by atoms with van der Waals surface area (Å²) in [7, 11) is 1.80. The minimum absolute atomic E-state index is 0.163.